The van der Waals surface area contributed by atoms with Gasteiger partial charge < -0.3 is 15.8 Å². The van der Waals surface area contributed by atoms with E-state index in [0.29, 0.717) is 11.9 Å². The number of hydrogen-bond donors (Lipinski definition) is 2. The Morgan fingerprint density at radius 1 is 1.30 bits per heavy atom. The summed E-state index contributed by atoms with van der Waals surface area (Å²) in [5.41, 5.74) is 7.82. The molecule has 0 radical (unpaired) electrons. The van der Waals surface area contributed by atoms with Crippen LogP contribution < -0.4 is 15.8 Å². The first-order valence-corrected chi connectivity index (χ1v) is 10.7. The van der Waals surface area contributed by atoms with Crippen LogP contribution in [-0.4, -0.2) is 41.8 Å². The number of ether oxygens (including phenoxy) is 1. The summed E-state index contributed by atoms with van der Waals surface area (Å²) >= 11 is 1.68. The molecule has 1 aromatic heterocycles. The van der Waals surface area contributed by atoms with Crippen LogP contribution in [0.25, 0.3) is 0 Å². The SMILES string of the molecule is Cc1nc(CN2CCC(CNC(N)=NCc3ccc(OC(F)(F)F)cc3)CC2)cs1. The fraction of sp³-hybridized carbons (Fsp3) is 0.500. The van der Waals surface area contributed by atoms with Crippen molar-refractivity contribution in [3.8, 4) is 5.75 Å². The van der Waals surface area contributed by atoms with E-state index in [2.05, 4.69) is 30.3 Å². The highest BCUT2D eigenvalue weighted by Crippen LogP contribution is 2.23. The van der Waals surface area contributed by atoms with Gasteiger partial charge in [-0.15, -0.1) is 24.5 Å². The van der Waals surface area contributed by atoms with E-state index >= 15 is 0 Å². The second-order valence-electron chi connectivity index (χ2n) is 7.35. The van der Waals surface area contributed by atoms with Crippen LogP contribution in [0.1, 0.15) is 29.1 Å². The van der Waals surface area contributed by atoms with Gasteiger partial charge in [-0.2, -0.15) is 0 Å². The minimum Gasteiger partial charge on any atom is -0.406 e. The van der Waals surface area contributed by atoms with E-state index < -0.39 is 6.36 Å². The third-order valence-corrected chi connectivity index (χ3v) is 5.74. The van der Waals surface area contributed by atoms with Gasteiger partial charge in [-0.1, -0.05) is 12.1 Å². The normalized spacial score (nSPS) is 16.6. The molecule has 1 aliphatic heterocycles. The van der Waals surface area contributed by atoms with Crippen molar-refractivity contribution in [1.82, 2.24) is 15.2 Å². The molecular formula is C20H26F3N5OS. The molecule has 1 saturated heterocycles. The predicted octanol–water partition coefficient (Wildman–Crippen LogP) is 3.67. The number of aromatic nitrogens is 1. The predicted molar refractivity (Wildman–Crippen MR) is 111 cm³/mol. The lowest BCUT2D eigenvalue weighted by atomic mass is 9.97. The zero-order chi connectivity index (χ0) is 21.6. The van der Waals surface area contributed by atoms with Crippen molar-refractivity contribution in [3.63, 3.8) is 0 Å². The molecule has 3 rings (SSSR count). The summed E-state index contributed by atoms with van der Waals surface area (Å²) in [6.07, 6.45) is -2.52. The average molecular weight is 442 g/mol. The number of halogens is 3. The Morgan fingerprint density at radius 2 is 2.00 bits per heavy atom. The van der Waals surface area contributed by atoms with Gasteiger partial charge in [-0.3, -0.25) is 4.90 Å². The first kappa shape index (κ1) is 22.4. The van der Waals surface area contributed by atoms with Gasteiger partial charge in [0.15, 0.2) is 5.96 Å². The molecule has 1 aromatic carbocycles. The number of nitrogens with one attached hydrogen (secondary N) is 1. The molecule has 0 bridgehead atoms. The number of nitrogens with two attached hydrogens (primary N) is 1. The van der Waals surface area contributed by atoms with E-state index in [0.717, 1.165) is 55.3 Å². The zero-order valence-electron chi connectivity index (χ0n) is 16.8. The molecule has 3 N–H and O–H groups in total. The highest BCUT2D eigenvalue weighted by Gasteiger charge is 2.30. The minimum absolute atomic E-state index is 0.252. The van der Waals surface area contributed by atoms with Gasteiger partial charge in [-0.05, 0) is 56.5 Å². The molecule has 0 spiro atoms. The lowest BCUT2D eigenvalue weighted by Crippen LogP contribution is -2.40. The summed E-state index contributed by atoms with van der Waals surface area (Å²) < 4.78 is 40.4. The Bertz CT molecular complexity index is 830. The van der Waals surface area contributed by atoms with Crippen LogP contribution in [0.2, 0.25) is 0 Å². The van der Waals surface area contributed by atoms with Gasteiger partial charge >= 0.3 is 6.36 Å². The van der Waals surface area contributed by atoms with Crippen molar-refractivity contribution in [1.29, 1.82) is 0 Å². The van der Waals surface area contributed by atoms with Crippen LogP contribution in [0.5, 0.6) is 5.75 Å². The smallest absolute Gasteiger partial charge is 0.406 e. The van der Waals surface area contributed by atoms with Crippen LogP contribution in [0.15, 0.2) is 34.6 Å². The van der Waals surface area contributed by atoms with E-state index in [1.165, 1.54) is 24.3 Å². The number of alkyl halides is 3. The first-order chi connectivity index (χ1) is 14.3. The molecule has 164 valence electrons. The van der Waals surface area contributed by atoms with Crippen LogP contribution in [0.3, 0.4) is 0 Å². The van der Waals surface area contributed by atoms with Crippen molar-refractivity contribution in [3.05, 3.63) is 45.9 Å². The van der Waals surface area contributed by atoms with E-state index in [-0.39, 0.29) is 12.3 Å². The Labute approximate surface area is 178 Å². The Balaban J connectivity index is 1.36. The molecule has 2 aromatic rings. The lowest BCUT2D eigenvalue weighted by Gasteiger charge is -2.31. The van der Waals surface area contributed by atoms with Gasteiger partial charge in [0.05, 0.1) is 17.2 Å². The van der Waals surface area contributed by atoms with Crippen LogP contribution in [0.4, 0.5) is 13.2 Å². The number of benzene rings is 1. The Kier molecular flexibility index (Phi) is 7.54. The van der Waals surface area contributed by atoms with Crippen LogP contribution >= 0.6 is 11.3 Å². The zero-order valence-corrected chi connectivity index (χ0v) is 17.6. The molecule has 2 heterocycles. The molecular weight excluding hydrogens is 415 g/mol. The van der Waals surface area contributed by atoms with Gasteiger partial charge in [0.2, 0.25) is 0 Å². The van der Waals surface area contributed by atoms with Crippen molar-refractivity contribution in [2.75, 3.05) is 19.6 Å². The monoisotopic (exact) mass is 441 g/mol. The van der Waals surface area contributed by atoms with Crippen molar-refractivity contribution < 1.29 is 17.9 Å². The maximum absolute atomic E-state index is 12.2. The van der Waals surface area contributed by atoms with Crippen LogP contribution in [-0.2, 0) is 13.1 Å². The molecule has 0 atom stereocenters. The van der Waals surface area contributed by atoms with Gasteiger partial charge in [-0.25, -0.2) is 9.98 Å². The number of guanidine groups is 1. The summed E-state index contributed by atoms with van der Waals surface area (Å²) in [5.74, 6) is 0.620. The summed E-state index contributed by atoms with van der Waals surface area (Å²) in [7, 11) is 0. The standard InChI is InChI=1S/C20H26F3N5OS/c1-14-27-17(13-30-14)12-28-8-6-16(7-9-28)11-26-19(24)25-10-15-2-4-18(5-3-15)29-20(21,22)23/h2-5,13,16H,6-12H2,1H3,(H3,24,25,26). The van der Waals surface area contributed by atoms with Gasteiger partial charge in [0.1, 0.15) is 5.75 Å². The molecule has 10 heteroatoms. The lowest BCUT2D eigenvalue weighted by molar-refractivity contribution is -0.274. The third-order valence-electron chi connectivity index (χ3n) is 4.92. The Hall–Kier alpha value is -2.33. The van der Waals surface area contributed by atoms with Gasteiger partial charge in [0.25, 0.3) is 0 Å². The minimum atomic E-state index is -4.69. The number of nitrogens with zero attached hydrogens (tertiary/aromatic N) is 3. The highest BCUT2D eigenvalue weighted by molar-refractivity contribution is 7.09. The van der Waals surface area contributed by atoms with Crippen molar-refractivity contribution in [2.24, 2.45) is 16.6 Å². The number of piperidine rings is 1. The highest BCUT2D eigenvalue weighted by atomic mass is 32.1. The molecule has 0 aliphatic carbocycles. The van der Waals surface area contributed by atoms with E-state index in [1.807, 2.05) is 6.92 Å². The van der Waals surface area contributed by atoms with E-state index in [4.69, 9.17) is 5.73 Å². The molecule has 1 fully saturated rings. The summed E-state index contributed by atoms with van der Waals surface area (Å²) in [6.45, 7) is 6.04. The molecule has 0 amide bonds. The quantitative estimate of drug-likeness (QED) is 0.507. The second kappa shape index (κ2) is 10.1. The van der Waals surface area contributed by atoms with Crippen LogP contribution in [0, 0.1) is 12.8 Å². The molecule has 30 heavy (non-hydrogen) atoms. The fourth-order valence-electron chi connectivity index (χ4n) is 3.34. The van der Waals surface area contributed by atoms with Crippen molar-refractivity contribution in [2.45, 2.75) is 39.2 Å². The number of aliphatic imine (C=N–C) groups is 1. The van der Waals surface area contributed by atoms with E-state index in [9.17, 15) is 13.2 Å². The first-order valence-electron chi connectivity index (χ1n) is 9.78. The summed E-state index contributed by atoms with van der Waals surface area (Å²) in [5, 5.41) is 6.38. The summed E-state index contributed by atoms with van der Waals surface area (Å²) in [6, 6.07) is 5.61. The number of hydrogen-bond acceptors (Lipinski definition) is 5. The molecule has 1 aliphatic rings. The maximum atomic E-state index is 12.2. The molecule has 0 saturated carbocycles. The topological polar surface area (TPSA) is 75.8 Å². The largest absolute Gasteiger partial charge is 0.573 e. The number of likely N-dealkylation sites (tertiary alicyclic amines) is 1. The molecule has 6 nitrogen and oxygen atoms in total. The Morgan fingerprint density at radius 3 is 2.60 bits per heavy atom. The van der Waals surface area contributed by atoms with Gasteiger partial charge in [0, 0.05) is 18.5 Å². The number of thiazole rings is 1. The number of aryl methyl sites for hydroxylation is 1. The maximum Gasteiger partial charge on any atom is 0.573 e. The summed E-state index contributed by atoms with van der Waals surface area (Å²) in [4.78, 5) is 11.2. The van der Waals surface area contributed by atoms with Crippen molar-refractivity contribution >= 4 is 17.3 Å². The fourth-order valence-corrected chi connectivity index (χ4v) is 3.94. The van der Waals surface area contributed by atoms with E-state index in [1.54, 1.807) is 11.3 Å². The third kappa shape index (κ3) is 7.49. The number of rotatable bonds is 7. The molecule has 0 unspecified atom stereocenters. The second-order valence-corrected chi connectivity index (χ2v) is 8.41. The average Bonchev–Trinajstić information content (AvgIpc) is 3.10.